The lowest BCUT2D eigenvalue weighted by Gasteiger charge is -2.05. The van der Waals surface area contributed by atoms with Crippen LogP contribution in [0.2, 0.25) is 0 Å². The molecule has 2 aromatic carbocycles. The first-order valence-electron chi connectivity index (χ1n) is 6.82. The van der Waals surface area contributed by atoms with Gasteiger partial charge in [-0.05, 0) is 55.5 Å². The van der Waals surface area contributed by atoms with Crippen molar-refractivity contribution in [2.45, 2.75) is 6.92 Å². The smallest absolute Gasteiger partial charge is 0.0631 e. The summed E-state index contributed by atoms with van der Waals surface area (Å²) in [5, 5.41) is 3.36. The molecule has 0 aliphatic carbocycles. The predicted molar refractivity (Wildman–Crippen MR) is 92.5 cm³/mol. The van der Waals surface area contributed by atoms with Crippen LogP contribution in [0.25, 0.3) is 0 Å². The lowest BCUT2D eigenvalue weighted by atomic mass is 10.2. The summed E-state index contributed by atoms with van der Waals surface area (Å²) in [6, 6.07) is 22.5. The maximum Gasteiger partial charge on any atom is 0.0631 e. The first-order valence-corrected chi connectivity index (χ1v) is 7.64. The van der Waals surface area contributed by atoms with E-state index < -0.39 is 0 Å². The Labute approximate surface area is 128 Å². The van der Waals surface area contributed by atoms with E-state index in [4.69, 9.17) is 0 Å². The molecule has 0 bridgehead atoms. The minimum Gasteiger partial charge on any atom is -0.356 e. The van der Waals surface area contributed by atoms with Gasteiger partial charge in [0.05, 0.1) is 5.69 Å². The zero-order valence-electron chi connectivity index (χ0n) is 11.8. The highest BCUT2D eigenvalue weighted by atomic mass is 32.1. The molecule has 0 spiro atoms. The molecule has 0 unspecified atom stereocenters. The fourth-order valence-electron chi connectivity index (χ4n) is 1.98. The van der Waals surface area contributed by atoms with E-state index >= 15 is 0 Å². The minimum atomic E-state index is 0.958. The van der Waals surface area contributed by atoms with E-state index in [-0.39, 0.29) is 0 Å². The first kappa shape index (κ1) is 13.6. The summed E-state index contributed by atoms with van der Waals surface area (Å²) >= 11 is 1.75. The molecule has 1 N–H and O–H groups in total. The zero-order valence-corrected chi connectivity index (χ0v) is 12.6. The van der Waals surface area contributed by atoms with Gasteiger partial charge in [-0.1, -0.05) is 18.2 Å². The lowest BCUT2D eigenvalue weighted by molar-refractivity contribution is 1.50. The maximum absolute atomic E-state index is 4.50. The molecule has 3 heteroatoms. The molecule has 0 amide bonds. The summed E-state index contributed by atoms with van der Waals surface area (Å²) in [6.45, 7) is 2.10. The van der Waals surface area contributed by atoms with Crippen LogP contribution in [0.15, 0.2) is 71.7 Å². The second-order valence-electron chi connectivity index (χ2n) is 4.74. The van der Waals surface area contributed by atoms with Crippen LogP contribution in [0.3, 0.4) is 0 Å². The van der Waals surface area contributed by atoms with Crippen molar-refractivity contribution in [1.29, 1.82) is 0 Å². The van der Waals surface area contributed by atoms with Crippen LogP contribution >= 0.6 is 11.3 Å². The number of para-hydroxylation sites is 1. The van der Waals surface area contributed by atoms with Gasteiger partial charge in [0.2, 0.25) is 0 Å². The highest BCUT2D eigenvalue weighted by molar-refractivity contribution is 7.13. The topological polar surface area (TPSA) is 24.4 Å². The molecule has 0 atom stereocenters. The number of nitrogens with zero attached hydrogens (tertiary/aromatic N) is 1. The van der Waals surface area contributed by atoms with Crippen LogP contribution in [0, 0.1) is 6.92 Å². The van der Waals surface area contributed by atoms with E-state index in [0.29, 0.717) is 0 Å². The zero-order chi connectivity index (χ0) is 14.5. The van der Waals surface area contributed by atoms with Gasteiger partial charge in [-0.3, -0.25) is 4.99 Å². The van der Waals surface area contributed by atoms with Gasteiger partial charge in [-0.15, -0.1) is 11.3 Å². The molecule has 0 aliphatic rings. The van der Waals surface area contributed by atoms with Crippen LogP contribution in [-0.4, -0.2) is 6.21 Å². The Balaban J connectivity index is 1.68. The van der Waals surface area contributed by atoms with E-state index in [1.165, 1.54) is 9.75 Å². The Kier molecular flexibility index (Phi) is 4.12. The molecule has 2 nitrogen and oxygen atoms in total. The van der Waals surface area contributed by atoms with E-state index in [2.05, 4.69) is 29.4 Å². The second kappa shape index (κ2) is 6.37. The molecular weight excluding hydrogens is 276 g/mol. The quantitative estimate of drug-likeness (QED) is 0.626. The molecule has 21 heavy (non-hydrogen) atoms. The number of rotatable bonds is 4. The van der Waals surface area contributed by atoms with Crippen molar-refractivity contribution in [3.05, 3.63) is 76.5 Å². The van der Waals surface area contributed by atoms with Gasteiger partial charge in [0.1, 0.15) is 0 Å². The van der Waals surface area contributed by atoms with Crippen LogP contribution in [0.1, 0.15) is 9.75 Å². The number of aliphatic imine (C=N–C) groups is 1. The van der Waals surface area contributed by atoms with Crippen molar-refractivity contribution < 1.29 is 0 Å². The summed E-state index contributed by atoms with van der Waals surface area (Å²) in [5.74, 6) is 0. The Morgan fingerprint density at radius 1 is 0.857 bits per heavy atom. The number of nitrogens with one attached hydrogen (secondary N) is 1. The summed E-state index contributed by atoms with van der Waals surface area (Å²) in [7, 11) is 0. The SMILES string of the molecule is Cc1ccc(C=Nc2ccc(Nc3ccccc3)cc2)s1. The van der Waals surface area contributed by atoms with E-state index in [1.54, 1.807) is 11.3 Å². The Morgan fingerprint density at radius 2 is 1.57 bits per heavy atom. The van der Waals surface area contributed by atoms with Crippen molar-refractivity contribution in [2.75, 3.05) is 5.32 Å². The maximum atomic E-state index is 4.50. The molecule has 1 heterocycles. The van der Waals surface area contributed by atoms with Crippen molar-refractivity contribution in [1.82, 2.24) is 0 Å². The molecule has 0 fully saturated rings. The monoisotopic (exact) mass is 292 g/mol. The number of aryl methyl sites for hydroxylation is 1. The number of benzene rings is 2. The molecule has 3 rings (SSSR count). The number of hydrogen-bond acceptors (Lipinski definition) is 3. The molecule has 0 saturated heterocycles. The van der Waals surface area contributed by atoms with E-state index in [1.807, 2.05) is 60.8 Å². The fraction of sp³-hybridized carbons (Fsp3) is 0.0556. The van der Waals surface area contributed by atoms with Gasteiger partial charge < -0.3 is 5.32 Å². The number of anilines is 2. The third-order valence-electron chi connectivity index (χ3n) is 3.03. The molecular formula is C18H16N2S. The van der Waals surface area contributed by atoms with Gasteiger partial charge in [0, 0.05) is 27.3 Å². The van der Waals surface area contributed by atoms with Crippen molar-refractivity contribution >= 4 is 34.6 Å². The summed E-state index contributed by atoms with van der Waals surface area (Å²) in [6.07, 6.45) is 1.91. The van der Waals surface area contributed by atoms with Crippen molar-refractivity contribution in [2.24, 2.45) is 4.99 Å². The first-order chi connectivity index (χ1) is 10.3. The summed E-state index contributed by atoms with van der Waals surface area (Å²) in [5.41, 5.74) is 3.11. The average molecular weight is 292 g/mol. The van der Waals surface area contributed by atoms with Gasteiger partial charge in [0.25, 0.3) is 0 Å². The predicted octanol–water partition coefficient (Wildman–Crippen LogP) is 5.55. The van der Waals surface area contributed by atoms with Gasteiger partial charge in [-0.2, -0.15) is 0 Å². The Morgan fingerprint density at radius 3 is 2.24 bits per heavy atom. The fourth-order valence-corrected chi connectivity index (χ4v) is 2.73. The highest BCUT2D eigenvalue weighted by Crippen LogP contribution is 2.21. The Hall–Kier alpha value is -2.39. The van der Waals surface area contributed by atoms with Crippen molar-refractivity contribution in [3.8, 4) is 0 Å². The van der Waals surface area contributed by atoms with Crippen molar-refractivity contribution in [3.63, 3.8) is 0 Å². The molecule has 104 valence electrons. The van der Waals surface area contributed by atoms with Gasteiger partial charge in [0.15, 0.2) is 0 Å². The van der Waals surface area contributed by atoms with E-state index in [9.17, 15) is 0 Å². The Bertz CT molecular complexity index is 727. The largest absolute Gasteiger partial charge is 0.356 e. The summed E-state index contributed by atoms with van der Waals surface area (Å²) in [4.78, 5) is 6.98. The van der Waals surface area contributed by atoms with Crippen LogP contribution in [-0.2, 0) is 0 Å². The van der Waals surface area contributed by atoms with Crippen LogP contribution in [0.4, 0.5) is 17.1 Å². The second-order valence-corrected chi connectivity index (χ2v) is 6.06. The molecule has 3 aromatic rings. The number of hydrogen-bond donors (Lipinski definition) is 1. The van der Waals surface area contributed by atoms with Gasteiger partial charge in [-0.25, -0.2) is 0 Å². The molecule has 0 radical (unpaired) electrons. The van der Waals surface area contributed by atoms with E-state index in [0.717, 1.165) is 17.1 Å². The highest BCUT2D eigenvalue weighted by Gasteiger charge is 1.95. The normalized spacial score (nSPS) is 10.9. The minimum absolute atomic E-state index is 0.958. The third kappa shape index (κ3) is 3.80. The van der Waals surface area contributed by atoms with Gasteiger partial charge >= 0.3 is 0 Å². The third-order valence-corrected chi connectivity index (χ3v) is 3.97. The summed E-state index contributed by atoms with van der Waals surface area (Å²) < 4.78 is 0. The molecule has 1 aromatic heterocycles. The average Bonchev–Trinajstić information content (AvgIpc) is 2.93. The molecule has 0 saturated carbocycles. The lowest BCUT2D eigenvalue weighted by Crippen LogP contribution is -1.88. The van der Waals surface area contributed by atoms with Crippen LogP contribution in [0.5, 0.6) is 0 Å². The van der Waals surface area contributed by atoms with Crippen LogP contribution < -0.4 is 5.32 Å². The number of thiophene rings is 1. The molecule has 0 aliphatic heterocycles. The standard InChI is InChI=1S/C18H16N2S/c1-14-7-12-18(21-14)13-19-15-8-10-17(11-9-15)20-16-5-3-2-4-6-16/h2-13,20H,1H3.